The third-order valence-electron chi connectivity index (χ3n) is 3.75. The summed E-state index contributed by atoms with van der Waals surface area (Å²) in [5.74, 6) is 1.14. The van der Waals surface area contributed by atoms with Crippen LogP contribution in [0.1, 0.15) is 25.7 Å². The molecule has 3 rings (SSSR count). The lowest BCUT2D eigenvalue weighted by atomic mass is 10.0. The molecule has 1 aromatic heterocycles. The molecule has 0 spiro atoms. The van der Waals surface area contributed by atoms with Crippen LogP contribution in [0.5, 0.6) is 6.01 Å². The summed E-state index contributed by atoms with van der Waals surface area (Å²) in [6.07, 6.45) is 4.39. The van der Waals surface area contributed by atoms with E-state index in [0.29, 0.717) is 24.5 Å². The highest BCUT2D eigenvalue weighted by molar-refractivity contribution is 6.28. The van der Waals surface area contributed by atoms with Gasteiger partial charge in [0.1, 0.15) is 0 Å². The summed E-state index contributed by atoms with van der Waals surface area (Å²) in [6, 6.07) is 0.332. The fourth-order valence-corrected chi connectivity index (χ4v) is 2.70. The van der Waals surface area contributed by atoms with E-state index in [1.807, 2.05) is 0 Å². The first kappa shape index (κ1) is 13.8. The van der Waals surface area contributed by atoms with Crippen molar-refractivity contribution in [3.05, 3.63) is 5.28 Å². The highest BCUT2D eigenvalue weighted by Crippen LogP contribution is 2.21. The van der Waals surface area contributed by atoms with E-state index in [1.54, 1.807) is 0 Å². The zero-order valence-corrected chi connectivity index (χ0v) is 12.2. The van der Waals surface area contributed by atoms with Gasteiger partial charge in [0.05, 0.1) is 6.61 Å². The van der Waals surface area contributed by atoms with Crippen molar-refractivity contribution in [3.63, 3.8) is 0 Å². The maximum Gasteiger partial charge on any atom is 0.322 e. The highest BCUT2D eigenvalue weighted by atomic mass is 35.5. The molecule has 0 amide bonds. The number of aromatic nitrogens is 3. The standard InChI is InChI=1S/C13H19ClN4O2/c14-11-15-12(18-5-1-2-6-18)17-13(16-11)20-9-10-3-7-19-8-4-10/h10H,1-9H2. The number of hydrogen-bond acceptors (Lipinski definition) is 6. The number of hydrogen-bond donors (Lipinski definition) is 0. The molecule has 0 bridgehead atoms. The van der Waals surface area contributed by atoms with Crippen LogP contribution >= 0.6 is 11.6 Å². The lowest BCUT2D eigenvalue weighted by molar-refractivity contribution is 0.0482. The molecule has 20 heavy (non-hydrogen) atoms. The quantitative estimate of drug-likeness (QED) is 0.846. The maximum atomic E-state index is 5.96. The van der Waals surface area contributed by atoms with Gasteiger partial charge in [-0.3, -0.25) is 0 Å². The summed E-state index contributed by atoms with van der Waals surface area (Å²) < 4.78 is 11.0. The van der Waals surface area contributed by atoms with Gasteiger partial charge in [-0.05, 0) is 43.2 Å². The van der Waals surface area contributed by atoms with Crippen molar-refractivity contribution in [1.82, 2.24) is 15.0 Å². The van der Waals surface area contributed by atoms with Crippen molar-refractivity contribution in [2.45, 2.75) is 25.7 Å². The SMILES string of the molecule is Clc1nc(OCC2CCOCC2)nc(N2CCCC2)n1. The van der Waals surface area contributed by atoms with Crippen molar-refractivity contribution in [3.8, 4) is 6.01 Å². The fraction of sp³-hybridized carbons (Fsp3) is 0.769. The molecule has 0 aromatic carbocycles. The van der Waals surface area contributed by atoms with Gasteiger partial charge in [0.15, 0.2) is 0 Å². The predicted octanol–water partition coefficient (Wildman–Crippen LogP) is 1.93. The summed E-state index contributed by atoms with van der Waals surface area (Å²) in [4.78, 5) is 14.7. The Morgan fingerprint density at radius 3 is 2.65 bits per heavy atom. The van der Waals surface area contributed by atoms with Gasteiger partial charge in [0.25, 0.3) is 0 Å². The van der Waals surface area contributed by atoms with E-state index in [-0.39, 0.29) is 5.28 Å². The average molecular weight is 299 g/mol. The van der Waals surface area contributed by atoms with Crippen LogP contribution in [0.2, 0.25) is 5.28 Å². The Balaban J connectivity index is 1.63. The van der Waals surface area contributed by atoms with Crippen molar-refractivity contribution >= 4 is 17.5 Å². The molecular weight excluding hydrogens is 280 g/mol. The van der Waals surface area contributed by atoms with Crippen molar-refractivity contribution in [2.75, 3.05) is 37.8 Å². The second kappa shape index (κ2) is 6.54. The van der Waals surface area contributed by atoms with Gasteiger partial charge >= 0.3 is 6.01 Å². The molecule has 3 heterocycles. The van der Waals surface area contributed by atoms with E-state index in [9.17, 15) is 0 Å². The number of anilines is 1. The minimum absolute atomic E-state index is 0.198. The number of rotatable bonds is 4. The summed E-state index contributed by atoms with van der Waals surface area (Å²) in [5, 5.41) is 0.198. The van der Waals surface area contributed by atoms with E-state index >= 15 is 0 Å². The van der Waals surface area contributed by atoms with Gasteiger partial charge in [-0.25, -0.2) is 0 Å². The van der Waals surface area contributed by atoms with Crippen LogP contribution in [-0.4, -0.2) is 47.9 Å². The van der Waals surface area contributed by atoms with Crippen LogP contribution in [0.15, 0.2) is 0 Å². The Morgan fingerprint density at radius 1 is 1.15 bits per heavy atom. The Kier molecular flexibility index (Phi) is 4.52. The molecule has 0 N–H and O–H groups in total. The molecule has 7 heteroatoms. The first-order valence-corrected chi connectivity index (χ1v) is 7.56. The maximum absolute atomic E-state index is 5.96. The zero-order chi connectivity index (χ0) is 13.8. The second-order valence-electron chi connectivity index (χ2n) is 5.25. The largest absolute Gasteiger partial charge is 0.463 e. The van der Waals surface area contributed by atoms with E-state index in [2.05, 4.69) is 19.9 Å². The molecule has 1 aromatic rings. The third-order valence-corrected chi connectivity index (χ3v) is 3.92. The molecule has 2 aliphatic heterocycles. The Labute approximate surface area is 123 Å². The topological polar surface area (TPSA) is 60.4 Å². The van der Waals surface area contributed by atoms with Crippen LogP contribution in [0, 0.1) is 5.92 Å². The van der Waals surface area contributed by atoms with Crippen LogP contribution in [0.4, 0.5) is 5.95 Å². The highest BCUT2D eigenvalue weighted by Gasteiger charge is 2.19. The third kappa shape index (κ3) is 3.49. The minimum Gasteiger partial charge on any atom is -0.463 e. The fourth-order valence-electron chi connectivity index (χ4n) is 2.55. The molecule has 0 aliphatic carbocycles. The lowest BCUT2D eigenvalue weighted by Crippen LogP contribution is -2.23. The van der Waals surface area contributed by atoms with E-state index in [0.717, 1.165) is 39.1 Å². The van der Waals surface area contributed by atoms with Crippen LogP contribution in [-0.2, 0) is 4.74 Å². The van der Waals surface area contributed by atoms with Crippen molar-refractivity contribution < 1.29 is 9.47 Å². The lowest BCUT2D eigenvalue weighted by Gasteiger charge is -2.21. The summed E-state index contributed by atoms with van der Waals surface area (Å²) in [5.41, 5.74) is 0. The van der Waals surface area contributed by atoms with Crippen molar-refractivity contribution in [1.29, 1.82) is 0 Å². The van der Waals surface area contributed by atoms with Crippen LogP contribution in [0.3, 0.4) is 0 Å². The number of ether oxygens (including phenoxy) is 2. The minimum atomic E-state index is 0.198. The van der Waals surface area contributed by atoms with Gasteiger partial charge in [0.2, 0.25) is 11.2 Å². The molecule has 110 valence electrons. The first-order chi connectivity index (χ1) is 9.81. The van der Waals surface area contributed by atoms with Crippen LogP contribution in [0.25, 0.3) is 0 Å². The monoisotopic (exact) mass is 298 g/mol. The normalized spacial score (nSPS) is 20.4. The van der Waals surface area contributed by atoms with Gasteiger partial charge in [0, 0.05) is 26.3 Å². The van der Waals surface area contributed by atoms with Gasteiger partial charge in [-0.2, -0.15) is 15.0 Å². The van der Waals surface area contributed by atoms with E-state index in [4.69, 9.17) is 21.1 Å². The van der Waals surface area contributed by atoms with E-state index in [1.165, 1.54) is 12.8 Å². The molecule has 0 atom stereocenters. The predicted molar refractivity (Wildman–Crippen MR) is 75.3 cm³/mol. The Morgan fingerprint density at radius 2 is 1.90 bits per heavy atom. The molecule has 0 radical (unpaired) electrons. The Hall–Kier alpha value is -1.14. The molecule has 2 aliphatic rings. The van der Waals surface area contributed by atoms with E-state index < -0.39 is 0 Å². The average Bonchev–Trinajstić information content (AvgIpc) is 3.00. The molecule has 2 saturated heterocycles. The molecule has 2 fully saturated rings. The number of halogens is 1. The molecule has 0 saturated carbocycles. The molecule has 6 nitrogen and oxygen atoms in total. The summed E-state index contributed by atoms with van der Waals surface area (Å²) >= 11 is 5.96. The number of nitrogens with zero attached hydrogens (tertiary/aromatic N) is 4. The van der Waals surface area contributed by atoms with Crippen molar-refractivity contribution in [2.24, 2.45) is 5.92 Å². The zero-order valence-electron chi connectivity index (χ0n) is 11.4. The van der Waals surface area contributed by atoms with Gasteiger partial charge in [-0.1, -0.05) is 0 Å². The van der Waals surface area contributed by atoms with Gasteiger partial charge < -0.3 is 14.4 Å². The van der Waals surface area contributed by atoms with Crippen LogP contribution < -0.4 is 9.64 Å². The Bertz CT molecular complexity index is 448. The second-order valence-corrected chi connectivity index (χ2v) is 5.59. The summed E-state index contributed by atoms with van der Waals surface area (Å²) in [6.45, 7) is 4.18. The molecular formula is C13H19ClN4O2. The first-order valence-electron chi connectivity index (χ1n) is 7.18. The molecule has 0 unspecified atom stereocenters. The van der Waals surface area contributed by atoms with Gasteiger partial charge in [-0.15, -0.1) is 0 Å². The summed E-state index contributed by atoms with van der Waals surface area (Å²) in [7, 11) is 0. The smallest absolute Gasteiger partial charge is 0.322 e.